The van der Waals surface area contributed by atoms with Gasteiger partial charge in [0.25, 0.3) is 5.91 Å². The fraction of sp³-hybridized carbons (Fsp3) is 0.500. The number of carbonyl (C=O) groups excluding carboxylic acids is 1. The SMILES string of the molecule is Cc1cn2nc([C@@H]3CCCCN3C(=O)c3cnco3)cc2nc1N1CC[C@H](N)C1. The first kappa shape index (κ1) is 18.1. The molecule has 1 amide bonds. The van der Waals surface area contributed by atoms with E-state index in [4.69, 9.17) is 20.2 Å². The molecule has 0 spiro atoms. The van der Waals surface area contributed by atoms with Crippen molar-refractivity contribution in [2.45, 2.75) is 44.7 Å². The molecule has 0 radical (unpaired) electrons. The molecule has 2 atom stereocenters. The van der Waals surface area contributed by atoms with Gasteiger partial charge in [-0.3, -0.25) is 4.79 Å². The Labute approximate surface area is 168 Å². The zero-order chi connectivity index (χ0) is 20.0. The van der Waals surface area contributed by atoms with E-state index in [0.717, 1.165) is 61.5 Å². The first-order valence-corrected chi connectivity index (χ1v) is 10.2. The number of piperidine rings is 1. The van der Waals surface area contributed by atoms with E-state index in [2.05, 4.69) is 9.88 Å². The van der Waals surface area contributed by atoms with Crippen LogP contribution in [0.4, 0.5) is 5.82 Å². The molecule has 2 N–H and O–H groups in total. The molecule has 2 saturated heterocycles. The van der Waals surface area contributed by atoms with E-state index in [9.17, 15) is 4.79 Å². The number of carbonyl (C=O) groups is 1. The molecule has 5 heterocycles. The molecule has 2 aliphatic rings. The Bertz CT molecular complexity index is 1030. The van der Waals surface area contributed by atoms with E-state index >= 15 is 0 Å². The fourth-order valence-electron chi connectivity index (χ4n) is 4.43. The molecule has 2 fully saturated rings. The Morgan fingerprint density at radius 2 is 2.17 bits per heavy atom. The molecule has 0 aromatic carbocycles. The van der Waals surface area contributed by atoms with E-state index < -0.39 is 0 Å². The van der Waals surface area contributed by atoms with Crippen molar-refractivity contribution in [3.8, 4) is 0 Å². The molecular weight excluding hydrogens is 370 g/mol. The van der Waals surface area contributed by atoms with Crippen LogP contribution in [0, 0.1) is 6.92 Å². The van der Waals surface area contributed by atoms with Gasteiger partial charge in [-0.05, 0) is 32.6 Å². The van der Waals surface area contributed by atoms with Gasteiger partial charge >= 0.3 is 0 Å². The lowest BCUT2D eigenvalue weighted by molar-refractivity contribution is 0.0573. The Morgan fingerprint density at radius 3 is 2.93 bits per heavy atom. The maximum Gasteiger partial charge on any atom is 0.291 e. The van der Waals surface area contributed by atoms with Crippen LogP contribution in [0.3, 0.4) is 0 Å². The zero-order valence-corrected chi connectivity index (χ0v) is 16.5. The van der Waals surface area contributed by atoms with Gasteiger partial charge in [-0.2, -0.15) is 5.10 Å². The van der Waals surface area contributed by atoms with Crippen LogP contribution in [0.5, 0.6) is 0 Å². The second-order valence-electron chi connectivity index (χ2n) is 7.99. The van der Waals surface area contributed by atoms with Crippen LogP contribution in [-0.2, 0) is 0 Å². The summed E-state index contributed by atoms with van der Waals surface area (Å²) in [5.41, 5.74) is 8.79. The number of anilines is 1. The minimum Gasteiger partial charge on any atom is -0.438 e. The topological polar surface area (TPSA) is 106 Å². The molecule has 2 aliphatic heterocycles. The summed E-state index contributed by atoms with van der Waals surface area (Å²) in [6, 6.07) is 2.10. The van der Waals surface area contributed by atoms with E-state index in [-0.39, 0.29) is 23.8 Å². The Morgan fingerprint density at radius 1 is 1.28 bits per heavy atom. The number of hydrogen-bond donors (Lipinski definition) is 1. The molecule has 9 nitrogen and oxygen atoms in total. The van der Waals surface area contributed by atoms with Gasteiger partial charge in [-0.25, -0.2) is 14.5 Å². The van der Waals surface area contributed by atoms with Crippen molar-refractivity contribution in [1.82, 2.24) is 24.5 Å². The molecule has 5 rings (SSSR count). The molecule has 29 heavy (non-hydrogen) atoms. The third-order valence-electron chi connectivity index (χ3n) is 5.90. The monoisotopic (exact) mass is 395 g/mol. The molecular formula is C20H25N7O2. The molecule has 0 aliphatic carbocycles. The third-order valence-corrected chi connectivity index (χ3v) is 5.90. The molecule has 3 aromatic heterocycles. The summed E-state index contributed by atoms with van der Waals surface area (Å²) in [5, 5.41) is 4.76. The fourth-order valence-corrected chi connectivity index (χ4v) is 4.43. The second kappa shape index (κ2) is 7.14. The summed E-state index contributed by atoms with van der Waals surface area (Å²) < 4.78 is 7.05. The number of oxazole rings is 1. The predicted octanol–water partition coefficient (Wildman–Crippen LogP) is 1.93. The van der Waals surface area contributed by atoms with Gasteiger partial charge in [0.1, 0.15) is 5.82 Å². The number of likely N-dealkylation sites (tertiary alicyclic amines) is 1. The summed E-state index contributed by atoms with van der Waals surface area (Å²) >= 11 is 0. The number of nitrogens with zero attached hydrogens (tertiary/aromatic N) is 6. The first-order valence-electron chi connectivity index (χ1n) is 10.2. The summed E-state index contributed by atoms with van der Waals surface area (Å²) in [5.74, 6) is 1.09. The van der Waals surface area contributed by atoms with Crippen LogP contribution in [-0.4, -0.2) is 56.1 Å². The molecule has 0 bridgehead atoms. The lowest BCUT2D eigenvalue weighted by Crippen LogP contribution is -2.38. The number of aromatic nitrogens is 4. The minimum atomic E-state index is -0.139. The maximum atomic E-state index is 12.9. The normalized spacial score (nSPS) is 22.6. The highest BCUT2D eigenvalue weighted by atomic mass is 16.3. The van der Waals surface area contributed by atoms with Gasteiger partial charge in [0.05, 0.1) is 17.9 Å². The number of fused-ring (bicyclic) bond motifs is 1. The second-order valence-corrected chi connectivity index (χ2v) is 7.99. The van der Waals surface area contributed by atoms with Crippen molar-refractivity contribution in [2.24, 2.45) is 5.73 Å². The van der Waals surface area contributed by atoms with E-state index in [1.54, 1.807) is 0 Å². The van der Waals surface area contributed by atoms with E-state index in [0.29, 0.717) is 6.54 Å². The molecule has 0 unspecified atom stereocenters. The van der Waals surface area contributed by atoms with Gasteiger partial charge in [0.2, 0.25) is 5.76 Å². The summed E-state index contributed by atoms with van der Waals surface area (Å²) in [4.78, 5) is 25.7. The van der Waals surface area contributed by atoms with Gasteiger partial charge < -0.3 is 20.0 Å². The van der Waals surface area contributed by atoms with Crippen molar-refractivity contribution >= 4 is 17.4 Å². The Balaban J connectivity index is 1.48. The average Bonchev–Trinajstić information content (AvgIpc) is 3.47. The summed E-state index contributed by atoms with van der Waals surface area (Å²) in [6.45, 7) is 4.48. The van der Waals surface area contributed by atoms with Crippen molar-refractivity contribution in [2.75, 3.05) is 24.5 Å². The number of amides is 1. The van der Waals surface area contributed by atoms with Crippen LogP contribution in [0.1, 0.15) is 53.5 Å². The summed E-state index contributed by atoms with van der Waals surface area (Å²) in [7, 11) is 0. The third kappa shape index (κ3) is 3.25. The number of aryl methyl sites for hydroxylation is 1. The standard InChI is InChI=1S/C20H25N7O2/c1-13-10-27-18(23-19(13)25-7-5-14(21)11-25)8-15(24-27)16-4-2-3-6-26(16)20(28)17-9-22-12-29-17/h8-10,12,14,16H,2-7,11,21H2,1H3/t14-,16-/m0/s1. The number of rotatable bonds is 3. The van der Waals surface area contributed by atoms with Crippen molar-refractivity contribution in [1.29, 1.82) is 0 Å². The highest BCUT2D eigenvalue weighted by Crippen LogP contribution is 2.32. The number of nitrogens with two attached hydrogens (primary N) is 1. The van der Waals surface area contributed by atoms with Crippen molar-refractivity contribution < 1.29 is 9.21 Å². The summed E-state index contributed by atoms with van der Waals surface area (Å²) in [6.07, 6.45) is 8.65. The van der Waals surface area contributed by atoms with Crippen LogP contribution in [0.2, 0.25) is 0 Å². The first-order chi connectivity index (χ1) is 14.1. The van der Waals surface area contributed by atoms with Gasteiger partial charge in [-0.1, -0.05) is 0 Å². The van der Waals surface area contributed by atoms with E-state index in [1.807, 2.05) is 28.6 Å². The molecule has 9 heteroatoms. The van der Waals surface area contributed by atoms with E-state index in [1.165, 1.54) is 12.6 Å². The zero-order valence-electron chi connectivity index (χ0n) is 16.5. The number of hydrogen-bond acceptors (Lipinski definition) is 7. The Kier molecular flexibility index (Phi) is 4.46. The van der Waals surface area contributed by atoms with Crippen molar-refractivity contribution in [3.05, 3.63) is 41.9 Å². The molecule has 152 valence electrons. The molecule has 0 saturated carbocycles. The van der Waals surface area contributed by atoms with Crippen LogP contribution < -0.4 is 10.6 Å². The minimum absolute atomic E-state index is 0.0907. The van der Waals surface area contributed by atoms with Gasteiger partial charge in [-0.15, -0.1) is 0 Å². The highest BCUT2D eigenvalue weighted by molar-refractivity contribution is 5.91. The quantitative estimate of drug-likeness (QED) is 0.722. The Hall–Kier alpha value is -2.94. The van der Waals surface area contributed by atoms with Gasteiger partial charge in [0.15, 0.2) is 12.0 Å². The highest BCUT2D eigenvalue weighted by Gasteiger charge is 2.32. The molecule has 3 aromatic rings. The largest absolute Gasteiger partial charge is 0.438 e. The lowest BCUT2D eigenvalue weighted by Gasteiger charge is -2.34. The van der Waals surface area contributed by atoms with Crippen LogP contribution >= 0.6 is 0 Å². The van der Waals surface area contributed by atoms with Crippen LogP contribution in [0.25, 0.3) is 5.65 Å². The average molecular weight is 395 g/mol. The predicted molar refractivity (Wildman–Crippen MR) is 107 cm³/mol. The van der Waals surface area contributed by atoms with Crippen molar-refractivity contribution in [3.63, 3.8) is 0 Å². The van der Waals surface area contributed by atoms with Crippen LogP contribution in [0.15, 0.2) is 29.3 Å². The lowest BCUT2D eigenvalue weighted by atomic mass is 9.99. The maximum absolute atomic E-state index is 12.9. The smallest absolute Gasteiger partial charge is 0.291 e. The van der Waals surface area contributed by atoms with Gasteiger partial charge in [0, 0.05) is 43.5 Å².